The summed E-state index contributed by atoms with van der Waals surface area (Å²) >= 11 is 0. The molecule has 0 atom stereocenters. The predicted molar refractivity (Wildman–Crippen MR) is 83.3 cm³/mol. The van der Waals surface area contributed by atoms with Crippen LogP contribution in [-0.4, -0.2) is 19.9 Å². The molecular weight excluding hydrogens is 286 g/mol. The summed E-state index contributed by atoms with van der Waals surface area (Å²) in [5.74, 6) is 0.00233. The van der Waals surface area contributed by atoms with Crippen LogP contribution in [0.15, 0.2) is 53.6 Å². The zero-order chi connectivity index (χ0) is 15.5. The summed E-state index contributed by atoms with van der Waals surface area (Å²) in [6.45, 7) is 4.24. The molecule has 3 N–H and O–H groups in total. The molecule has 6 heteroatoms. The quantitative estimate of drug-likeness (QED) is 0.884. The normalized spacial score (nSPS) is 12.3. The van der Waals surface area contributed by atoms with Crippen LogP contribution in [-0.2, 0) is 15.4 Å². The first kappa shape index (κ1) is 15.5. The topological polar surface area (TPSA) is 85.1 Å². The van der Waals surface area contributed by atoms with Gasteiger partial charge in [-0.05, 0) is 17.7 Å². The molecule has 0 bridgehead atoms. The lowest BCUT2D eigenvalue weighted by atomic mass is 9.85. The van der Waals surface area contributed by atoms with Gasteiger partial charge >= 0.3 is 0 Å². The van der Waals surface area contributed by atoms with E-state index in [-0.39, 0.29) is 22.7 Å². The molecule has 1 aromatic heterocycles. The van der Waals surface area contributed by atoms with Crippen LogP contribution in [0.3, 0.4) is 0 Å². The molecule has 5 nitrogen and oxygen atoms in total. The summed E-state index contributed by atoms with van der Waals surface area (Å²) in [6.07, 6.45) is 1.46. The van der Waals surface area contributed by atoms with Crippen LogP contribution in [0.1, 0.15) is 19.4 Å². The Balaban J connectivity index is 2.18. The Hall–Kier alpha value is -1.92. The monoisotopic (exact) mass is 305 g/mol. The SMILES string of the molecule is CC(C)(CNS(=O)(=O)c1cccnc1N)c1ccccc1. The van der Waals surface area contributed by atoms with E-state index in [9.17, 15) is 8.42 Å². The smallest absolute Gasteiger partial charge is 0.244 e. The van der Waals surface area contributed by atoms with Crippen molar-refractivity contribution in [2.45, 2.75) is 24.2 Å². The van der Waals surface area contributed by atoms with Gasteiger partial charge in [-0.1, -0.05) is 44.2 Å². The average Bonchev–Trinajstić information content (AvgIpc) is 2.47. The first-order chi connectivity index (χ1) is 9.83. The highest BCUT2D eigenvalue weighted by atomic mass is 32.2. The lowest BCUT2D eigenvalue weighted by Crippen LogP contribution is -2.37. The van der Waals surface area contributed by atoms with Crippen LogP contribution in [0.25, 0.3) is 0 Å². The molecule has 0 amide bonds. The highest BCUT2D eigenvalue weighted by Crippen LogP contribution is 2.23. The minimum atomic E-state index is -3.67. The van der Waals surface area contributed by atoms with Gasteiger partial charge in [-0.3, -0.25) is 0 Å². The molecule has 0 radical (unpaired) electrons. The van der Waals surface area contributed by atoms with E-state index >= 15 is 0 Å². The van der Waals surface area contributed by atoms with Crippen molar-refractivity contribution in [1.82, 2.24) is 9.71 Å². The minimum Gasteiger partial charge on any atom is -0.383 e. The molecule has 0 spiro atoms. The second-order valence-corrected chi connectivity index (χ2v) is 7.20. The summed E-state index contributed by atoms with van der Waals surface area (Å²) < 4.78 is 27.2. The van der Waals surface area contributed by atoms with Crippen molar-refractivity contribution in [3.05, 3.63) is 54.2 Å². The van der Waals surface area contributed by atoms with Crippen LogP contribution in [0, 0.1) is 0 Å². The lowest BCUT2D eigenvalue weighted by molar-refractivity contribution is 0.501. The van der Waals surface area contributed by atoms with Gasteiger partial charge in [0.2, 0.25) is 10.0 Å². The number of pyridine rings is 1. The molecule has 1 aromatic carbocycles. The maximum atomic E-state index is 12.3. The number of anilines is 1. The third-order valence-corrected chi connectivity index (χ3v) is 4.80. The van der Waals surface area contributed by atoms with Crippen LogP contribution in [0.4, 0.5) is 5.82 Å². The van der Waals surface area contributed by atoms with Gasteiger partial charge in [-0.2, -0.15) is 0 Å². The summed E-state index contributed by atoms with van der Waals surface area (Å²) in [7, 11) is -3.67. The van der Waals surface area contributed by atoms with Crippen molar-refractivity contribution in [2.75, 3.05) is 12.3 Å². The number of nitrogens with two attached hydrogens (primary N) is 1. The molecule has 0 saturated heterocycles. The van der Waals surface area contributed by atoms with E-state index in [0.717, 1.165) is 5.56 Å². The van der Waals surface area contributed by atoms with E-state index in [1.165, 1.54) is 12.3 Å². The molecule has 0 aliphatic heterocycles. The Morgan fingerprint density at radius 3 is 2.43 bits per heavy atom. The second-order valence-electron chi connectivity index (χ2n) is 5.46. The number of hydrogen-bond donors (Lipinski definition) is 2. The highest BCUT2D eigenvalue weighted by molar-refractivity contribution is 7.89. The number of nitrogens with one attached hydrogen (secondary N) is 1. The summed E-state index contributed by atoms with van der Waals surface area (Å²) in [5.41, 5.74) is 6.36. The Morgan fingerprint density at radius 2 is 1.81 bits per heavy atom. The zero-order valence-corrected chi connectivity index (χ0v) is 12.9. The molecule has 0 unspecified atom stereocenters. The molecule has 2 rings (SSSR count). The van der Waals surface area contributed by atoms with Crippen molar-refractivity contribution in [3.63, 3.8) is 0 Å². The van der Waals surface area contributed by atoms with Crippen LogP contribution in [0.2, 0.25) is 0 Å². The minimum absolute atomic E-state index is 0.00233. The first-order valence-electron chi connectivity index (χ1n) is 6.59. The van der Waals surface area contributed by atoms with Crippen LogP contribution < -0.4 is 10.5 Å². The van der Waals surface area contributed by atoms with Gasteiger partial charge in [0.25, 0.3) is 0 Å². The van der Waals surface area contributed by atoms with E-state index in [2.05, 4.69) is 9.71 Å². The summed E-state index contributed by atoms with van der Waals surface area (Å²) in [4.78, 5) is 3.81. The van der Waals surface area contributed by atoms with Gasteiger partial charge in [0.1, 0.15) is 10.7 Å². The fourth-order valence-corrected chi connectivity index (χ4v) is 3.27. The zero-order valence-electron chi connectivity index (χ0n) is 12.1. The Kier molecular flexibility index (Phi) is 4.29. The third-order valence-electron chi connectivity index (χ3n) is 3.35. The van der Waals surface area contributed by atoms with Gasteiger partial charge in [0, 0.05) is 18.2 Å². The molecule has 112 valence electrons. The van der Waals surface area contributed by atoms with E-state index < -0.39 is 10.0 Å². The van der Waals surface area contributed by atoms with E-state index in [0.29, 0.717) is 0 Å². The molecule has 0 fully saturated rings. The Bertz CT molecular complexity index is 713. The maximum Gasteiger partial charge on any atom is 0.244 e. The van der Waals surface area contributed by atoms with Crippen molar-refractivity contribution < 1.29 is 8.42 Å². The third kappa shape index (κ3) is 3.59. The number of rotatable bonds is 5. The van der Waals surface area contributed by atoms with Crippen LogP contribution in [0.5, 0.6) is 0 Å². The van der Waals surface area contributed by atoms with Crippen molar-refractivity contribution in [2.24, 2.45) is 0 Å². The molecule has 0 saturated carbocycles. The fraction of sp³-hybridized carbons (Fsp3) is 0.267. The summed E-state index contributed by atoms with van der Waals surface area (Å²) in [6, 6.07) is 12.8. The van der Waals surface area contributed by atoms with Crippen molar-refractivity contribution in [1.29, 1.82) is 0 Å². The Labute approximate surface area is 125 Å². The largest absolute Gasteiger partial charge is 0.383 e. The lowest BCUT2D eigenvalue weighted by Gasteiger charge is -2.25. The molecule has 0 aliphatic carbocycles. The number of sulfonamides is 1. The maximum absolute atomic E-state index is 12.3. The van der Waals surface area contributed by atoms with Crippen molar-refractivity contribution >= 4 is 15.8 Å². The number of aromatic nitrogens is 1. The first-order valence-corrected chi connectivity index (χ1v) is 8.07. The standard InChI is InChI=1S/C15H19N3O2S/c1-15(2,12-7-4-3-5-8-12)11-18-21(19,20)13-9-6-10-17-14(13)16/h3-10,18H,11H2,1-2H3,(H2,16,17). The van der Waals surface area contributed by atoms with E-state index in [4.69, 9.17) is 5.73 Å². The van der Waals surface area contributed by atoms with E-state index in [1.54, 1.807) is 6.07 Å². The number of nitrogen functional groups attached to an aromatic ring is 1. The van der Waals surface area contributed by atoms with Gasteiger partial charge in [-0.15, -0.1) is 0 Å². The molecule has 0 aliphatic rings. The fourth-order valence-electron chi connectivity index (χ4n) is 1.97. The van der Waals surface area contributed by atoms with Crippen molar-refractivity contribution in [3.8, 4) is 0 Å². The molecule has 1 heterocycles. The highest BCUT2D eigenvalue weighted by Gasteiger charge is 2.25. The molecular formula is C15H19N3O2S. The van der Waals surface area contributed by atoms with E-state index in [1.807, 2.05) is 44.2 Å². The predicted octanol–water partition coefficient (Wildman–Crippen LogP) is 1.92. The molecule has 2 aromatic rings. The van der Waals surface area contributed by atoms with Gasteiger partial charge in [0.05, 0.1) is 0 Å². The summed E-state index contributed by atoms with van der Waals surface area (Å²) in [5, 5.41) is 0. The number of hydrogen-bond acceptors (Lipinski definition) is 4. The second kappa shape index (κ2) is 5.83. The van der Waals surface area contributed by atoms with Gasteiger partial charge in [-0.25, -0.2) is 18.1 Å². The molecule has 21 heavy (non-hydrogen) atoms. The number of benzene rings is 1. The number of nitrogens with zero attached hydrogens (tertiary/aromatic N) is 1. The average molecular weight is 305 g/mol. The van der Waals surface area contributed by atoms with Gasteiger partial charge in [0.15, 0.2) is 0 Å². The van der Waals surface area contributed by atoms with Crippen LogP contribution >= 0.6 is 0 Å². The Morgan fingerprint density at radius 1 is 1.14 bits per heavy atom. The van der Waals surface area contributed by atoms with Gasteiger partial charge < -0.3 is 5.73 Å².